The molecule has 0 spiro atoms. The Morgan fingerprint density at radius 3 is 2.71 bits per heavy atom. The van der Waals surface area contributed by atoms with Gasteiger partial charge in [-0.15, -0.1) is 0 Å². The maximum absolute atomic E-state index is 4.38. The largest absolute Gasteiger partial charge is 0.332 e. The molecule has 0 amide bonds. The summed E-state index contributed by atoms with van der Waals surface area (Å²) in [5.74, 6) is 0.778. The van der Waals surface area contributed by atoms with Crippen LogP contribution >= 0.6 is 0 Å². The average Bonchev–Trinajstić information content (AvgIpc) is 2.90. The topological polar surface area (TPSA) is 54.8 Å². The van der Waals surface area contributed by atoms with Crippen LogP contribution in [0.25, 0.3) is 0 Å². The lowest BCUT2D eigenvalue weighted by atomic mass is 10.1. The summed E-state index contributed by atoms with van der Waals surface area (Å²) < 4.78 is 0. The first kappa shape index (κ1) is 10.1. The summed E-state index contributed by atoms with van der Waals surface area (Å²) in [6.45, 7) is 0.977. The van der Waals surface area contributed by atoms with Crippen molar-refractivity contribution in [1.82, 2.24) is 19.9 Å². The van der Waals surface area contributed by atoms with Gasteiger partial charge in [0.25, 0.3) is 0 Å². The predicted octanol–water partition coefficient (Wildman–Crippen LogP) is 1.61. The van der Waals surface area contributed by atoms with Crippen LogP contribution in [0.3, 0.4) is 0 Å². The molecule has 2 aromatic rings. The van der Waals surface area contributed by atoms with Crippen molar-refractivity contribution in [3.8, 4) is 0 Å². The van der Waals surface area contributed by atoms with E-state index in [1.807, 2.05) is 12.3 Å². The maximum Gasteiger partial charge on any atom is 0.225 e. The summed E-state index contributed by atoms with van der Waals surface area (Å²) >= 11 is 0. The molecule has 0 aliphatic carbocycles. The van der Waals surface area contributed by atoms with E-state index >= 15 is 0 Å². The SMILES string of the molecule is c1cnc(N2CCC[C@@H]2c2cnccn2)nc1. The fourth-order valence-electron chi connectivity index (χ4n) is 2.24. The molecule has 86 valence electrons. The van der Waals surface area contributed by atoms with E-state index in [1.165, 1.54) is 0 Å². The Balaban J connectivity index is 1.91. The average molecular weight is 227 g/mol. The molecule has 1 saturated heterocycles. The zero-order valence-corrected chi connectivity index (χ0v) is 9.40. The van der Waals surface area contributed by atoms with E-state index < -0.39 is 0 Å². The maximum atomic E-state index is 4.38. The van der Waals surface area contributed by atoms with E-state index in [1.54, 1.807) is 24.8 Å². The smallest absolute Gasteiger partial charge is 0.225 e. The van der Waals surface area contributed by atoms with Gasteiger partial charge in [-0.3, -0.25) is 9.97 Å². The molecule has 3 heterocycles. The molecule has 2 aromatic heterocycles. The van der Waals surface area contributed by atoms with Crippen molar-refractivity contribution >= 4 is 5.95 Å². The minimum Gasteiger partial charge on any atom is -0.332 e. The van der Waals surface area contributed by atoms with E-state index in [2.05, 4.69) is 24.8 Å². The standard InChI is InChI=1S/C12H13N5/c1-3-11(10-9-13-6-7-14-10)17(8-1)12-15-4-2-5-16-12/h2,4-7,9,11H,1,3,8H2/t11-/m1/s1. The molecule has 1 aliphatic rings. The van der Waals surface area contributed by atoms with Gasteiger partial charge in [-0.1, -0.05) is 0 Å². The molecule has 5 nitrogen and oxygen atoms in total. The van der Waals surface area contributed by atoms with E-state index in [0.717, 1.165) is 31.0 Å². The minimum atomic E-state index is 0.256. The number of rotatable bonds is 2. The molecule has 1 atom stereocenters. The molecule has 1 fully saturated rings. The van der Waals surface area contributed by atoms with Crippen LogP contribution in [0.2, 0.25) is 0 Å². The molecular formula is C12H13N5. The molecule has 0 aromatic carbocycles. The summed E-state index contributed by atoms with van der Waals surface area (Å²) in [6, 6.07) is 2.09. The summed E-state index contributed by atoms with van der Waals surface area (Å²) in [5.41, 5.74) is 0.998. The predicted molar refractivity (Wildman–Crippen MR) is 63.4 cm³/mol. The number of nitrogens with zero attached hydrogens (tertiary/aromatic N) is 5. The molecule has 1 aliphatic heterocycles. The van der Waals surface area contributed by atoms with Gasteiger partial charge in [0.05, 0.1) is 17.9 Å². The molecule has 0 unspecified atom stereocenters. The van der Waals surface area contributed by atoms with Crippen LogP contribution in [0, 0.1) is 0 Å². The van der Waals surface area contributed by atoms with E-state index in [9.17, 15) is 0 Å². The summed E-state index contributed by atoms with van der Waals surface area (Å²) in [4.78, 5) is 19.3. The highest BCUT2D eigenvalue weighted by Gasteiger charge is 2.28. The Hall–Kier alpha value is -2.04. The van der Waals surface area contributed by atoms with Gasteiger partial charge in [0, 0.05) is 31.3 Å². The first-order chi connectivity index (χ1) is 8.45. The van der Waals surface area contributed by atoms with Crippen LogP contribution in [-0.2, 0) is 0 Å². The lowest BCUT2D eigenvalue weighted by molar-refractivity contribution is 0.675. The third-order valence-corrected chi connectivity index (χ3v) is 2.99. The van der Waals surface area contributed by atoms with Gasteiger partial charge in [0.1, 0.15) is 0 Å². The summed E-state index contributed by atoms with van der Waals surface area (Å²) in [6.07, 6.45) is 11.0. The van der Waals surface area contributed by atoms with Crippen molar-refractivity contribution < 1.29 is 0 Å². The van der Waals surface area contributed by atoms with Crippen LogP contribution < -0.4 is 4.90 Å². The monoisotopic (exact) mass is 227 g/mol. The van der Waals surface area contributed by atoms with Crippen LogP contribution in [-0.4, -0.2) is 26.5 Å². The number of hydrogen-bond acceptors (Lipinski definition) is 5. The van der Waals surface area contributed by atoms with Gasteiger partial charge in [-0.2, -0.15) is 0 Å². The molecule has 0 radical (unpaired) electrons. The van der Waals surface area contributed by atoms with Gasteiger partial charge in [-0.05, 0) is 18.9 Å². The van der Waals surface area contributed by atoms with E-state index in [-0.39, 0.29) is 6.04 Å². The van der Waals surface area contributed by atoms with Crippen molar-refractivity contribution in [1.29, 1.82) is 0 Å². The Labute approximate surface area is 99.6 Å². The third-order valence-electron chi connectivity index (χ3n) is 2.99. The van der Waals surface area contributed by atoms with Crippen molar-refractivity contribution in [2.45, 2.75) is 18.9 Å². The second-order valence-electron chi connectivity index (χ2n) is 4.03. The van der Waals surface area contributed by atoms with Crippen LogP contribution in [0.5, 0.6) is 0 Å². The first-order valence-corrected chi connectivity index (χ1v) is 5.75. The lowest BCUT2D eigenvalue weighted by Crippen LogP contribution is -2.25. The second kappa shape index (κ2) is 4.45. The van der Waals surface area contributed by atoms with Gasteiger partial charge in [0.2, 0.25) is 5.95 Å². The van der Waals surface area contributed by atoms with Crippen molar-refractivity contribution in [3.05, 3.63) is 42.7 Å². The fourth-order valence-corrected chi connectivity index (χ4v) is 2.24. The third kappa shape index (κ3) is 1.95. The highest BCUT2D eigenvalue weighted by Crippen LogP contribution is 2.32. The van der Waals surface area contributed by atoms with Crippen LogP contribution in [0.4, 0.5) is 5.95 Å². The van der Waals surface area contributed by atoms with Crippen molar-refractivity contribution in [3.63, 3.8) is 0 Å². The minimum absolute atomic E-state index is 0.256. The molecule has 0 bridgehead atoms. The summed E-state index contributed by atoms with van der Waals surface area (Å²) in [5, 5.41) is 0. The Bertz CT molecular complexity index is 427. The quantitative estimate of drug-likeness (QED) is 0.780. The Morgan fingerprint density at radius 1 is 1.06 bits per heavy atom. The molecular weight excluding hydrogens is 214 g/mol. The lowest BCUT2D eigenvalue weighted by Gasteiger charge is -2.23. The van der Waals surface area contributed by atoms with Gasteiger partial charge >= 0.3 is 0 Å². The molecule has 17 heavy (non-hydrogen) atoms. The summed E-state index contributed by atoms with van der Waals surface area (Å²) in [7, 11) is 0. The molecule has 0 N–H and O–H groups in total. The molecule has 3 rings (SSSR count). The van der Waals surface area contributed by atoms with Crippen LogP contribution in [0.15, 0.2) is 37.1 Å². The molecule has 5 heteroatoms. The number of hydrogen-bond donors (Lipinski definition) is 0. The van der Waals surface area contributed by atoms with Crippen molar-refractivity contribution in [2.24, 2.45) is 0 Å². The first-order valence-electron chi connectivity index (χ1n) is 5.75. The zero-order valence-electron chi connectivity index (χ0n) is 9.40. The normalized spacial score (nSPS) is 19.5. The highest BCUT2D eigenvalue weighted by molar-refractivity contribution is 5.35. The Kier molecular flexibility index (Phi) is 2.65. The van der Waals surface area contributed by atoms with Gasteiger partial charge in [0.15, 0.2) is 0 Å². The molecule has 0 saturated carbocycles. The van der Waals surface area contributed by atoms with E-state index in [4.69, 9.17) is 0 Å². The zero-order chi connectivity index (χ0) is 11.5. The Morgan fingerprint density at radius 2 is 1.94 bits per heavy atom. The second-order valence-corrected chi connectivity index (χ2v) is 4.03. The highest BCUT2D eigenvalue weighted by atomic mass is 15.3. The van der Waals surface area contributed by atoms with Crippen molar-refractivity contribution in [2.75, 3.05) is 11.4 Å². The van der Waals surface area contributed by atoms with Crippen LogP contribution in [0.1, 0.15) is 24.6 Å². The van der Waals surface area contributed by atoms with Gasteiger partial charge in [-0.25, -0.2) is 9.97 Å². The number of aromatic nitrogens is 4. The van der Waals surface area contributed by atoms with Gasteiger partial charge < -0.3 is 4.90 Å². The number of anilines is 1. The fraction of sp³-hybridized carbons (Fsp3) is 0.333. The van der Waals surface area contributed by atoms with E-state index in [0.29, 0.717) is 0 Å².